The Hall–Kier alpha value is -1.84. The zero-order valence-electron chi connectivity index (χ0n) is 10.6. The first-order valence-corrected chi connectivity index (χ1v) is 5.76. The number of furan rings is 1. The summed E-state index contributed by atoms with van der Waals surface area (Å²) in [7, 11) is 0. The number of hydrogen-bond acceptors (Lipinski definition) is 2. The van der Waals surface area contributed by atoms with Crippen molar-refractivity contribution >= 4 is 5.69 Å². The van der Waals surface area contributed by atoms with Crippen LogP contribution in [0.4, 0.5) is 14.5 Å². The smallest absolute Gasteiger partial charge is 0.146 e. The molecule has 1 N–H and O–H groups in total. The second-order valence-corrected chi connectivity index (χ2v) is 4.36. The minimum absolute atomic E-state index is 0.153. The Balaban J connectivity index is 2.23. The first-order chi connectivity index (χ1) is 8.47. The molecule has 0 saturated carbocycles. The van der Waals surface area contributed by atoms with Gasteiger partial charge >= 0.3 is 0 Å². The number of aryl methyl sites for hydroxylation is 2. The monoisotopic (exact) mass is 251 g/mol. The Morgan fingerprint density at radius 1 is 1.17 bits per heavy atom. The Morgan fingerprint density at radius 2 is 1.89 bits per heavy atom. The largest absolute Gasteiger partial charge is 0.466 e. The molecular weight excluding hydrogens is 236 g/mol. The van der Waals surface area contributed by atoms with Crippen molar-refractivity contribution in [3.8, 4) is 0 Å². The topological polar surface area (TPSA) is 25.2 Å². The second kappa shape index (κ2) is 4.80. The molecular formula is C14H15F2NO. The highest BCUT2D eigenvalue weighted by atomic mass is 19.1. The van der Waals surface area contributed by atoms with Crippen molar-refractivity contribution in [2.45, 2.75) is 26.8 Å². The molecule has 0 saturated heterocycles. The number of benzene rings is 1. The summed E-state index contributed by atoms with van der Waals surface area (Å²) in [6.45, 7) is 5.58. The van der Waals surface area contributed by atoms with Gasteiger partial charge in [-0.25, -0.2) is 8.78 Å². The minimum Gasteiger partial charge on any atom is -0.466 e. The molecule has 0 amide bonds. The molecule has 0 aliphatic rings. The molecule has 1 aromatic heterocycles. The third kappa shape index (κ3) is 2.53. The normalized spacial score (nSPS) is 12.5. The van der Waals surface area contributed by atoms with Crippen molar-refractivity contribution in [1.29, 1.82) is 0 Å². The lowest BCUT2D eigenvalue weighted by atomic mass is 10.1. The van der Waals surface area contributed by atoms with Crippen molar-refractivity contribution in [2.24, 2.45) is 0 Å². The lowest BCUT2D eigenvalue weighted by molar-refractivity contribution is 0.499. The average Bonchev–Trinajstić information content (AvgIpc) is 2.63. The van der Waals surface area contributed by atoms with Crippen LogP contribution in [0, 0.1) is 25.5 Å². The van der Waals surface area contributed by atoms with E-state index in [4.69, 9.17) is 4.42 Å². The zero-order chi connectivity index (χ0) is 13.3. The molecule has 1 unspecified atom stereocenters. The summed E-state index contributed by atoms with van der Waals surface area (Å²) in [5.74, 6) is 0.646. The summed E-state index contributed by atoms with van der Waals surface area (Å²) < 4.78 is 32.0. The molecule has 0 aliphatic heterocycles. The van der Waals surface area contributed by atoms with E-state index < -0.39 is 11.6 Å². The van der Waals surface area contributed by atoms with Crippen LogP contribution >= 0.6 is 0 Å². The average molecular weight is 251 g/mol. The van der Waals surface area contributed by atoms with Crippen molar-refractivity contribution in [3.63, 3.8) is 0 Å². The van der Waals surface area contributed by atoms with Gasteiger partial charge in [0, 0.05) is 5.56 Å². The van der Waals surface area contributed by atoms with Crippen molar-refractivity contribution in [1.82, 2.24) is 0 Å². The van der Waals surface area contributed by atoms with Crippen LogP contribution < -0.4 is 5.32 Å². The second-order valence-electron chi connectivity index (χ2n) is 4.36. The van der Waals surface area contributed by atoms with E-state index in [2.05, 4.69) is 5.32 Å². The highest BCUT2D eigenvalue weighted by Crippen LogP contribution is 2.26. The van der Waals surface area contributed by atoms with Gasteiger partial charge in [0.1, 0.15) is 23.2 Å². The summed E-state index contributed by atoms with van der Waals surface area (Å²) in [6.07, 6.45) is 0. The van der Waals surface area contributed by atoms with Crippen LogP contribution in [-0.2, 0) is 0 Å². The third-order valence-electron chi connectivity index (χ3n) is 2.85. The van der Waals surface area contributed by atoms with Gasteiger partial charge in [-0.2, -0.15) is 0 Å². The Morgan fingerprint density at radius 3 is 2.50 bits per heavy atom. The molecule has 1 heterocycles. The summed E-state index contributed by atoms with van der Waals surface area (Å²) in [6, 6.07) is 5.09. The van der Waals surface area contributed by atoms with Crippen LogP contribution in [0.1, 0.15) is 30.0 Å². The van der Waals surface area contributed by atoms with Crippen LogP contribution in [0.3, 0.4) is 0 Å². The maximum absolute atomic E-state index is 13.5. The molecule has 2 aromatic rings. The van der Waals surface area contributed by atoms with E-state index in [1.807, 2.05) is 26.8 Å². The van der Waals surface area contributed by atoms with Gasteiger partial charge in [-0.3, -0.25) is 0 Å². The molecule has 18 heavy (non-hydrogen) atoms. The summed E-state index contributed by atoms with van der Waals surface area (Å²) in [5.41, 5.74) is 1.09. The van der Waals surface area contributed by atoms with Crippen LogP contribution in [0.5, 0.6) is 0 Å². The van der Waals surface area contributed by atoms with Crippen LogP contribution in [0.25, 0.3) is 0 Å². The van der Waals surface area contributed by atoms with Gasteiger partial charge in [-0.15, -0.1) is 0 Å². The molecule has 4 heteroatoms. The lowest BCUT2D eigenvalue weighted by Crippen LogP contribution is -2.08. The molecule has 1 atom stereocenters. The minimum atomic E-state index is -0.471. The Bertz CT molecular complexity index is 563. The van der Waals surface area contributed by atoms with Crippen molar-refractivity contribution in [3.05, 3.63) is 53.0 Å². The first kappa shape index (κ1) is 12.6. The van der Waals surface area contributed by atoms with Gasteiger partial charge in [-0.1, -0.05) is 0 Å². The molecule has 0 radical (unpaired) electrons. The number of halogens is 2. The number of rotatable bonds is 3. The van der Waals surface area contributed by atoms with Gasteiger partial charge in [-0.05, 0) is 45.0 Å². The predicted molar refractivity (Wildman–Crippen MR) is 66.6 cm³/mol. The van der Waals surface area contributed by atoms with Crippen molar-refractivity contribution < 1.29 is 13.2 Å². The molecule has 96 valence electrons. The van der Waals surface area contributed by atoms with E-state index in [9.17, 15) is 8.78 Å². The molecule has 0 fully saturated rings. The van der Waals surface area contributed by atoms with Gasteiger partial charge in [0.15, 0.2) is 0 Å². The fourth-order valence-electron chi connectivity index (χ4n) is 2.00. The van der Waals surface area contributed by atoms with E-state index >= 15 is 0 Å². The number of nitrogens with one attached hydrogen (secondary N) is 1. The molecule has 2 rings (SSSR count). The molecule has 0 aliphatic carbocycles. The molecule has 2 nitrogen and oxygen atoms in total. The SMILES string of the molecule is Cc1cc(C(C)Nc2cc(F)ccc2F)c(C)o1. The quantitative estimate of drug-likeness (QED) is 0.877. The molecule has 0 bridgehead atoms. The third-order valence-corrected chi connectivity index (χ3v) is 2.85. The van der Waals surface area contributed by atoms with Gasteiger partial charge < -0.3 is 9.73 Å². The van der Waals surface area contributed by atoms with E-state index in [-0.39, 0.29) is 11.7 Å². The molecule has 0 spiro atoms. The van der Waals surface area contributed by atoms with Crippen LogP contribution in [-0.4, -0.2) is 0 Å². The summed E-state index contributed by atoms with van der Waals surface area (Å²) in [5, 5.41) is 2.95. The van der Waals surface area contributed by atoms with Gasteiger partial charge in [0.05, 0.1) is 11.7 Å². The maximum atomic E-state index is 13.5. The standard InChI is InChI=1S/C14H15F2NO/c1-8-6-12(10(3)18-8)9(2)17-14-7-11(15)4-5-13(14)16/h4-7,9,17H,1-3H3. The lowest BCUT2D eigenvalue weighted by Gasteiger charge is -2.15. The zero-order valence-corrected chi connectivity index (χ0v) is 10.6. The first-order valence-electron chi connectivity index (χ1n) is 5.76. The fourth-order valence-corrected chi connectivity index (χ4v) is 2.00. The van der Waals surface area contributed by atoms with Crippen molar-refractivity contribution in [2.75, 3.05) is 5.32 Å². The predicted octanol–water partition coefficient (Wildman–Crippen LogP) is 4.35. The van der Waals surface area contributed by atoms with Gasteiger partial charge in [0.2, 0.25) is 0 Å². The molecule has 1 aromatic carbocycles. The fraction of sp³-hybridized carbons (Fsp3) is 0.286. The van der Waals surface area contributed by atoms with E-state index in [1.54, 1.807) is 0 Å². The van der Waals surface area contributed by atoms with Crippen LogP contribution in [0.15, 0.2) is 28.7 Å². The Labute approximate surface area is 105 Å². The van der Waals surface area contributed by atoms with E-state index in [1.165, 1.54) is 0 Å². The maximum Gasteiger partial charge on any atom is 0.146 e. The van der Waals surface area contributed by atoms with E-state index in [0.717, 1.165) is 35.3 Å². The highest BCUT2D eigenvalue weighted by Gasteiger charge is 2.14. The van der Waals surface area contributed by atoms with Gasteiger partial charge in [0.25, 0.3) is 0 Å². The van der Waals surface area contributed by atoms with E-state index in [0.29, 0.717) is 0 Å². The number of anilines is 1. The summed E-state index contributed by atoms with van der Waals surface area (Å²) >= 11 is 0. The Kier molecular flexibility index (Phi) is 3.36. The highest BCUT2D eigenvalue weighted by molar-refractivity contribution is 5.47. The summed E-state index contributed by atoms with van der Waals surface area (Å²) in [4.78, 5) is 0. The number of hydrogen-bond donors (Lipinski definition) is 1. The van der Waals surface area contributed by atoms with Crippen LogP contribution in [0.2, 0.25) is 0 Å².